The molecule has 0 saturated carbocycles. The van der Waals surface area contributed by atoms with Gasteiger partial charge in [-0.15, -0.1) is 0 Å². The summed E-state index contributed by atoms with van der Waals surface area (Å²) in [6, 6.07) is 11.7. The van der Waals surface area contributed by atoms with Crippen LogP contribution in [0.5, 0.6) is 0 Å². The third-order valence-electron chi connectivity index (χ3n) is 5.08. The Labute approximate surface area is 210 Å². The van der Waals surface area contributed by atoms with Crippen LogP contribution in [0.3, 0.4) is 0 Å². The van der Waals surface area contributed by atoms with Crippen molar-refractivity contribution in [1.29, 1.82) is 0 Å². The van der Waals surface area contributed by atoms with Gasteiger partial charge in [0.25, 0.3) is 0 Å². The minimum atomic E-state index is -4.27. The number of carbonyl (C=O) groups excluding carboxylic acids is 2. The zero-order chi connectivity index (χ0) is 26.8. The second-order valence-electron chi connectivity index (χ2n) is 8.26. The Kier molecular flexibility index (Phi) is 11.9. The molecule has 1 unspecified atom stereocenters. The van der Waals surface area contributed by atoms with E-state index in [1.807, 2.05) is 26.4 Å². The van der Waals surface area contributed by atoms with Crippen LogP contribution < -0.4 is 0 Å². The van der Waals surface area contributed by atoms with Gasteiger partial charge < -0.3 is 14.0 Å². The molecule has 0 fully saturated rings. The molecule has 2 aromatic rings. The van der Waals surface area contributed by atoms with Crippen LogP contribution in [-0.4, -0.2) is 56.4 Å². The monoisotopic (exact) mass is 528 g/mol. The molecular formula is C25H33FO7S2. The number of carbonyl (C=O) groups is 2. The average Bonchev–Trinajstić information content (AvgIpc) is 2.74. The van der Waals surface area contributed by atoms with Gasteiger partial charge in [-0.25, -0.2) is 12.8 Å². The number of hydrogen-bond acceptors (Lipinski definition) is 7. The van der Waals surface area contributed by atoms with Crippen molar-refractivity contribution in [2.75, 3.05) is 31.5 Å². The lowest BCUT2D eigenvalue weighted by Gasteiger charge is -2.33. The third kappa shape index (κ3) is 9.27. The molecule has 0 amide bonds. The van der Waals surface area contributed by atoms with Crippen LogP contribution in [-0.2, 0) is 45.5 Å². The lowest BCUT2D eigenvalue weighted by atomic mass is 9.73. The van der Waals surface area contributed by atoms with E-state index in [-0.39, 0.29) is 34.8 Å². The van der Waals surface area contributed by atoms with Crippen molar-refractivity contribution in [2.45, 2.75) is 38.0 Å². The van der Waals surface area contributed by atoms with Gasteiger partial charge in [0.15, 0.2) is 5.92 Å². The van der Waals surface area contributed by atoms with Gasteiger partial charge in [-0.3, -0.25) is 9.59 Å². The quantitative estimate of drug-likeness (QED) is 0.212. The molecule has 0 aromatic heterocycles. The predicted molar refractivity (Wildman–Crippen MR) is 134 cm³/mol. The summed E-state index contributed by atoms with van der Waals surface area (Å²) in [6.45, 7) is 7.41. The zero-order valence-corrected chi connectivity index (χ0v) is 22.5. The summed E-state index contributed by atoms with van der Waals surface area (Å²) in [7, 11) is -4.33. The van der Waals surface area contributed by atoms with Crippen molar-refractivity contribution in [3.05, 3.63) is 65.5 Å². The zero-order valence-electron chi connectivity index (χ0n) is 20.9. The van der Waals surface area contributed by atoms with Gasteiger partial charge in [-0.1, -0.05) is 29.8 Å². The number of rotatable bonds is 9. The van der Waals surface area contributed by atoms with E-state index in [4.69, 9.17) is 9.47 Å². The summed E-state index contributed by atoms with van der Waals surface area (Å²) in [5, 5.41) is 0. The maximum atomic E-state index is 13.3. The number of aryl methyl sites for hydroxylation is 1. The molecule has 0 bridgehead atoms. The number of halogens is 1. The third-order valence-corrected chi connectivity index (χ3v) is 7.11. The van der Waals surface area contributed by atoms with E-state index in [9.17, 15) is 27.0 Å². The molecule has 0 aliphatic heterocycles. The molecule has 0 aliphatic rings. The number of ether oxygens (including phenoxy) is 2. The van der Waals surface area contributed by atoms with E-state index in [2.05, 4.69) is 0 Å². The van der Waals surface area contributed by atoms with E-state index in [0.717, 1.165) is 11.1 Å². The number of hydrogen-bond donors (Lipinski definition) is 0. The van der Waals surface area contributed by atoms with E-state index < -0.39 is 33.4 Å². The molecule has 0 radical (unpaired) electrons. The first-order valence-electron chi connectivity index (χ1n) is 10.9. The summed E-state index contributed by atoms with van der Waals surface area (Å²) in [5.74, 6) is -2.07. The van der Waals surface area contributed by atoms with Gasteiger partial charge in [0.2, 0.25) is 0 Å². The van der Waals surface area contributed by atoms with Crippen molar-refractivity contribution in [3.8, 4) is 0 Å². The molecule has 7 nitrogen and oxygen atoms in total. The van der Waals surface area contributed by atoms with Crippen LogP contribution in [0.4, 0.5) is 4.39 Å². The molecule has 1 atom stereocenters. The Hall–Kier alpha value is -2.43. The molecule has 194 valence electrons. The van der Waals surface area contributed by atoms with Gasteiger partial charge in [-0.2, -0.15) is 0 Å². The van der Waals surface area contributed by atoms with Crippen molar-refractivity contribution in [2.24, 2.45) is 5.92 Å². The van der Waals surface area contributed by atoms with Crippen LogP contribution in [0, 0.1) is 18.7 Å². The highest BCUT2D eigenvalue weighted by Gasteiger charge is 2.50. The summed E-state index contributed by atoms with van der Waals surface area (Å²) in [5.41, 5.74) is 0.812. The maximum Gasteiger partial charge on any atom is 0.321 e. The van der Waals surface area contributed by atoms with E-state index in [1.54, 1.807) is 38.1 Å². The van der Waals surface area contributed by atoms with Gasteiger partial charge >= 0.3 is 11.9 Å². The second-order valence-corrected chi connectivity index (χ2v) is 11.9. The first kappa shape index (κ1) is 30.6. The van der Waals surface area contributed by atoms with Gasteiger partial charge in [0, 0.05) is 0 Å². The largest absolute Gasteiger partial charge is 0.744 e. The van der Waals surface area contributed by atoms with Gasteiger partial charge in [0.1, 0.15) is 21.7 Å². The van der Waals surface area contributed by atoms with E-state index in [1.165, 1.54) is 24.3 Å². The SMILES string of the molecule is CCOC(=O)C(C(=O)OCC)C(C)(C[S+](C)C)c1ccc(F)cc1.Cc1ccc(S(=O)(=O)[O-])cc1. The lowest BCUT2D eigenvalue weighted by molar-refractivity contribution is -0.164. The van der Waals surface area contributed by atoms with E-state index in [0.29, 0.717) is 5.75 Å². The highest BCUT2D eigenvalue weighted by Crippen LogP contribution is 2.36. The van der Waals surface area contributed by atoms with Crippen LogP contribution in [0.15, 0.2) is 53.4 Å². The highest BCUT2D eigenvalue weighted by atomic mass is 32.2. The fourth-order valence-electron chi connectivity index (χ4n) is 3.54. The van der Waals surface area contributed by atoms with Crippen LogP contribution in [0.1, 0.15) is 31.9 Å². The molecule has 35 heavy (non-hydrogen) atoms. The Morgan fingerprint density at radius 1 is 0.971 bits per heavy atom. The summed E-state index contributed by atoms with van der Waals surface area (Å²) in [4.78, 5) is 24.9. The Morgan fingerprint density at radius 3 is 1.80 bits per heavy atom. The first-order chi connectivity index (χ1) is 16.3. The molecule has 0 aliphatic carbocycles. The molecule has 10 heteroatoms. The summed E-state index contributed by atoms with van der Waals surface area (Å²) < 4.78 is 54.7. The number of benzene rings is 2. The molecule has 0 saturated heterocycles. The van der Waals surface area contributed by atoms with Gasteiger partial charge in [0.05, 0.1) is 36.0 Å². The minimum absolute atomic E-state index is 0.0617. The summed E-state index contributed by atoms with van der Waals surface area (Å²) >= 11 is 0. The number of esters is 2. The minimum Gasteiger partial charge on any atom is -0.744 e. The van der Waals surface area contributed by atoms with Crippen LogP contribution in [0.2, 0.25) is 0 Å². The van der Waals surface area contributed by atoms with Crippen molar-refractivity contribution in [3.63, 3.8) is 0 Å². The highest BCUT2D eigenvalue weighted by molar-refractivity contribution is 7.95. The van der Waals surface area contributed by atoms with Crippen LogP contribution >= 0.6 is 0 Å². The van der Waals surface area contributed by atoms with Crippen molar-refractivity contribution in [1.82, 2.24) is 0 Å². The standard InChI is InChI=1S/C18H26FO4S.C7H8O3S/c1-6-22-16(20)15(17(21)23-7-2)18(3,12-24(4)5)13-8-10-14(19)11-9-13;1-6-2-4-7(5-3-6)11(8,9)10/h8-11,15H,6-7,12H2,1-5H3;2-5H,1H3,(H,8,9,10)/q+1;/p-1. The predicted octanol–water partition coefficient (Wildman–Crippen LogP) is 3.60. The molecule has 0 spiro atoms. The smallest absolute Gasteiger partial charge is 0.321 e. The Morgan fingerprint density at radius 2 is 1.43 bits per heavy atom. The molecular weight excluding hydrogens is 495 g/mol. The second kappa shape index (κ2) is 13.6. The first-order valence-corrected chi connectivity index (χ1v) is 14.5. The fourth-order valence-corrected chi connectivity index (χ4v) is 5.54. The Balaban J connectivity index is 0.000000462. The van der Waals surface area contributed by atoms with Crippen LogP contribution in [0.25, 0.3) is 0 Å². The molecule has 2 aromatic carbocycles. The van der Waals surface area contributed by atoms with Crippen molar-refractivity contribution < 1.29 is 36.4 Å². The van der Waals surface area contributed by atoms with Gasteiger partial charge in [-0.05, 0) is 68.4 Å². The topological polar surface area (TPSA) is 110 Å². The normalized spacial score (nSPS) is 13.0. The molecule has 0 N–H and O–H groups in total. The fraction of sp³-hybridized carbons (Fsp3) is 0.440. The van der Waals surface area contributed by atoms with E-state index >= 15 is 0 Å². The molecule has 2 rings (SSSR count). The molecule has 0 heterocycles. The maximum absolute atomic E-state index is 13.3. The lowest BCUT2D eigenvalue weighted by Crippen LogP contribution is -2.48. The average molecular weight is 529 g/mol. The summed E-state index contributed by atoms with van der Waals surface area (Å²) in [6.07, 6.45) is 4.07. The Bertz CT molecular complexity index is 1050. The van der Waals surface area contributed by atoms with Crippen molar-refractivity contribution >= 4 is 33.0 Å².